The molecule has 0 unspecified atom stereocenters. The quantitative estimate of drug-likeness (QED) is 0.0952. The van der Waals surface area contributed by atoms with Crippen LogP contribution in [-0.2, 0) is 0 Å². The number of fused-ring (bicyclic) bond motifs is 2. The molecule has 2 heterocycles. The van der Waals surface area contributed by atoms with Crippen molar-refractivity contribution in [3.63, 3.8) is 0 Å². The third-order valence-corrected chi connectivity index (χ3v) is 14.7. The van der Waals surface area contributed by atoms with Crippen LogP contribution < -0.4 is 0 Å². The molecule has 7 aromatic rings. The van der Waals surface area contributed by atoms with E-state index in [-0.39, 0.29) is 35.7 Å². The summed E-state index contributed by atoms with van der Waals surface area (Å²) in [5.41, 5.74) is 2.23. The second kappa shape index (κ2) is 13.2. The molecule has 0 spiro atoms. The Labute approximate surface area is 332 Å². The normalized spacial score (nSPS) is 18.1. The summed E-state index contributed by atoms with van der Waals surface area (Å²) in [7, 11) is 0. The summed E-state index contributed by atoms with van der Waals surface area (Å²) < 4.78 is 0. The minimum absolute atomic E-state index is 0.113. The zero-order valence-corrected chi connectivity index (χ0v) is 32.4. The molecule has 2 saturated carbocycles. The van der Waals surface area contributed by atoms with Crippen molar-refractivity contribution in [3.05, 3.63) is 119 Å². The van der Waals surface area contributed by atoms with E-state index in [1.54, 1.807) is 33.3 Å². The highest BCUT2D eigenvalue weighted by molar-refractivity contribution is 8.00. The van der Waals surface area contributed by atoms with Gasteiger partial charge in [-0.05, 0) is 85.0 Å². The Morgan fingerprint density at radius 2 is 0.768 bits per heavy atom. The predicted molar refractivity (Wildman–Crippen MR) is 224 cm³/mol. The first-order valence-electron chi connectivity index (χ1n) is 20.0. The molecule has 0 radical (unpaired) electrons. The van der Waals surface area contributed by atoms with Crippen LogP contribution in [0.4, 0.5) is 0 Å². The summed E-state index contributed by atoms with van der Waals surface area (Å²) in [6, 6.07) is 32.1. The van der Waals surface area contributed by atoms with Crippen LogP contribution in [0.15, 0.2) is 117 Å². The number of carbonyl (C=O) groups is 4. The number of nitrogens with zero attached hydrogens (tertiary/aromatic N) is 2. The number of amides is 4. The zero-order chi connectivity index (χ0) is 37.7. The molecule has 2 aliphatic heterocycles. The Kier molecular flexibility index (Phi) is 8.04. The van der Waals surface area contributed by atoms with Gasteiger partial charge in [-0.1, -0.05) is 111 Å². The Balaban J connectivity index is 1.26. The fourth-order valence-electron chi connectivity index (χ4n) is 10.2. The molecule has 0 aromatic heterocycles. The van der Waals surface area contributed by atoms with Crippen LogP contribution in [0.2, 0.25) is 0 Å². The van der Waals surface area contributed by atoms with Gasteiger partial charge in [0.2, 0.25) is 0 Å². The number of benzene rings is 7. The molecule has 4 aliphatic rings. The largest absolute Gasteiger partial charge is 0.271 e. The minimum atomic E-state index is -0.220. The first-order chi connectivity index (χ1) is 27.5. The molecular weight excluding hydrogens is 733 g/mol. The average Bonchev–Trinajstić information content (AvgIpc) is 3.23. The van der Waals surface area contributed by atoms with Crippen LogP contribution in [0.1, 0.15) is 106 Å². The maximum absolute atomic E-state index is 14.8. The van der Waals surface area contributed by atoms with Crippen molar-refractivity contribution in [2.75, 3.05) is 0 Å². The Morgan fingerprint density at radius 1 is 0.393 bits per heavy atom. The lowest BCUT2D eigenvalue weighted by Crippen LogP contribution is -2.48. The van der Waals surface area contributed by atoms with Gasteiger partial charge in [0.15, 0.2) is 0 Å². The van der Waals surface area contributed by atoms with E-state index in [0.29, 0.717) is 33.0 Å². The van der Waals surface area contributed by atoms with Crippen molar-refractivity contribution in [2.24, 2.45) is 0 Å². The van der Waals surface area contributed by atoms with E-state index in [0.717, 1.165) is 116 Å². The second-order valence-electron chi connectivity index (χ2n) is 15.8. The Bertz CT molecular complexity index is 2610. The SMILES string of the molecule is O=C1c2ccc3c4c(Sc5ccccc5)cc5c6c(ccc(c7c(Sc8ccccc8)cc(c2c37)C(=O)N1C1CCCCC1)c64)C(=O)N(C1CCCCC1)C5=O. The molecule has 0 saturated heterocycles. The first-order valence-corrected chi connectivity index (χ1v) is 21.6. The minimum Gasteiger partial charge on any atom is -0.271 e. The summed E-state index contributed by atoms with van der Waals surface area (Å²) in [6.07, 6.45) is 9.58. The lowest BCUT2D eigenvalue weighted by Gasteiger charge is -2.37. The van der Waals surface area contributed by atoms with E-state index in [9.17, 15) is 19.2 Å². The average molecular weight is 771 g/mol. The summed E-state index contributed by atoms with van der Waals surface area (Å²) in [4.78, 5) is 65.6. The van der Waals surface area contributed by atoms with Gasteiger partial charge in [-0.15, -0.1) is 0 Å². The van der Waals surface area contributed by atoms with Crippen LogP contribution in [0.25, 0.3) is 43.1 Å². The van der Waals surface area contributed by atoms with Crippen molar-refractivity contribution >= 4 is 90.2 Å². The molecule has 6 nitrogen and oxygen atoms in total. The van der Waals surface area contributed by atoms with E-state index in [1.807, 2.05) is 60.7 Å². The molecule has 11 rings (SSSR count). The number of imide groups is 2. The highest BCUT2D eigenvalue weighted by Crippen LogP contribution is 2.53. The van der Waals surface area contributed by atoms with Crippen LogP contribution in [0.5, 0.6) is 0 Å². The van der Waals surface area contributed by atoms with Crippen molar-refractivity contribution in [1.82, 2.24) is 9.80 Å². The molecule has 4 amide bonds. The van der Waals surface area contributed by atoms with Crippen molar-refractivity contribution in [2.45, 2.75) is 95.9 Å². The van der Waals surface area contributed by atoms with Gasteiger partial charge in [0, 0.05) is 86.2 Å². The number of rotatable bonds is 6. The molecule has 2 fully saturated rings. The van der Waals surface area contributed by atoms with E-state index in [2.05, 4.69) is 36.4 Å². The number of hydrogen-bond donors (Lipinski definition) is 0. The number of hydrogen-bond acceptors (Lipinski definition) is 6. The third-order valence-electron chi connectivity index (χ3n) is 12.7. The second-order valence-corrected chi connectivity index (χ2v) is 18.0. The molecule has 8 heteroatoms. The molecule has 56 heavy (non-hydrogen) atoms. The summed E-state index contributed by atoms with van der Waals surface area (Å²) in [5.74, 6) is -0.877. The van der Waals surface area contributed by atoms with Crippen LogP contribution in [-0.4, -0.2) is 45.5 Å². The fraction of sp³-hybridized carbons (Fsp3) is 0.250. The topological polar surface area (TPSA) is 74.8 Å². The van der Waals surface area contributed by atoms with Gasteiger partial charge in [-0.3, -0.25) is 29.0 Å². The van der Waals surface area contributed by atoms with E-state index >= 15 is 0 Å². The Hall–Kier alpha value is -5.18. The summed E-state index contributed by atoms with van der Waals surface area (Å²) in [5, 5.41) is 6.84. The molecule has 2 aliphatic carbocycles. The molecule has 0 bridgehead atoms. The zero-order valence-electron chi connectivity index (χ0n) is 30.8. The van der Waals surface area contributed by atoms with Gasteiger partial charge in [0.1, 0.15) is 0 Å². The molecule has 7 aromatic carbocycles. The summed E-state index contributed by atoms with van der Waals surface area (Å²) in [6.45, 7) is 0. The van der Waals surface area contributed by atoms with E-state index < -0.39 is 0 Å². The molecule has 0 atom stereocenters. The Morgan fingerprint density at radius 3 is 1.16 bits per heavy atom. The molecule has 276 valence electrons. The van der Waals surface area contributed by atoms with E-state index in [4.69, 9.17) is 0 Å². The molecule has 0 N–H and O–H groups in total. The lowest BCUT2D eigenvalue weighted by molar-refractivity contribution is 0.0487. The third kappa shape index (κ3) is 5.04. The highest BCUT2D eigenvalue weighted by Gasteiger charge is 2.42. The van der Waals surface area contributed by atoms with Crippen molar-refractivity contribution in [1.29, 1.82) is 0 Å². The predicted octanol–water partition coefficient (Wildman–Crippen LogP) is 11.9. The van der Waals surface area contributed by atoms with Crippen molar-refractivity contribution < 1.29 is 19.2 Å². The highest BCUT2D eigenvalue weighted by atomic mass is 32.2. The van der Waals surface area contributed by atoms with Gasteiger partial charge in [0.25, 0.3) is 23.6 Å². The van der Waals surface area contributed by atoms with Gasteiger partial charge in [0.05, 0.1) is 0 Å². The lowest BCUT2D eigenvalue weighted by atomic mass is 9.81. The maximum Gasteiger partial charge on any atom is 0.261 e. The van der Waals surface area contributed by atoms with Crippen LogP contribution in [0, 0.1) is 0 Å². The van der Waals surface area contributed by atoms with Crippen LogP contribution in [0.3, 0.4) is 0 Å². The maximum atomic E-state index is 14.8. The first kappa shape index (κ1) is 34.1. The molecular formula is C48H38N2O4S2. The van der Waals surface area contributed by atoms with Gasteiger partial charge < -0.3 is 0 Å². The van der Waals surface area contributed by atoms with Gasteiger partial charge >= 0.3 is 0 Å². The smallest absolute Gasteiger partial charge is 0.261 e. The van der Waals surface area contributed by atoms with Crippen LogP contribution >= 0.6 is 23.5 Å². The summed E-state index contributed by atoms with van der Waals surface area (Å²) >= 11 is 3.21. The fourth-order valence-corrected chi connectivity index (χ4v) is 12.2. The van der Waals surface area contributed by atoms with Gasteiger partial charge in [-0.25, -0.2) is 0 Å². The number of carbonyl (C=O) groups excluding carboxylic acids is 4. The van der Waals surface area contributed by atoms with E-state index in [1.165, 1.54) is 0 Å². The van der Waals surface area contributed by atoms with Crippen molar-refractivity contribution in [3.8, 4) is 0 Å². The monoisotopic (exact) mass is 770 g/mol. The van der Waals surface area contributed by atoms with Gasteiger partial charge in [-0.2, -0.15) is 0 Å². The standard InChI is InChI=1S/C48H38N2O4S2/c51-45-33-23-21-31-42-38(56-30-19-11-4-12-20-30)26-36-40-34(46(52)50(48(36)54)28-15-7-2-8-16-28)24-22-32(44(40)42)41-37(55-29-17-9-3-10-18-29)25-35(39(33)43(31)41)47(53)49(45)27-13-5-1-6-14-27/h3-4,9-12,17-28H,1-2,5-8,13-16H2.